The molecule has 0 unspecified atom stereocenters. The number of hydrogen-bond acceptors (Lipinski definition) is 3. The van der Waals surface area contributed by atoms with Gasteiger partial charge in [-0.2, -0.15) is 0 Å². The molecule has 0 bridgehead atoms. The molecule has 0 aliphatic heterocycles. The SMILES string of the molecule is CN(CCCNC(=O)c1ccc(-c2ccccc2)s1)Cc1ccc(F)cc1. The lowest BCUT2D eigenvalue weighted by Gasteiger charge is -2.16. The highest BCUT2D eigenvalue weighted by Crippen LogP contribution is 2.27. The van der Waals surface area contributed by atoms with Crippen LogP contribution in [0.4, 0.5) is 4.39 Å². The molecule has 0 aliphatic carbocycles. The van der Waals surface area contributed by atoms with E-state index in [1.807, 2.05) is 49.5 Å². The Kier molecular flexibility index (Phi) is 6.74. The number of benzene rings is 2. The number of rotatable bonds is 8. The number of thiophene rings is 1. The first kappa shape index (κ1) is 19.3. The normalized spacial score (nSPS) is 10.9. The molecule has 0 fully saturated rings. The molecular formula is C22H23FN2OS. The first-order valence-electron chi connectivity index (χ1n) is 8.98. The van der Waals surface area contributed by atoms with Gasteiger partial charge in [0, 0.05) is 18.0 Å². The molecule has 2 aromatic carbocycles. The van der Waals surface area contributed by atoms with Crippen LogP contribution in [0.15, 0.2) is 66.7 Å². The summed E-state index contributed by atoms with van der Waals surface area (Å²) in [4.78, 5) is 16.3. The van der Waals surface area contributed by atoms with E-state index in [0.29, 0.717) is 6.54 Å². The molecule has 0 atom stereocenters. The standard InChI is InChI=1S/C22H23FN2OS/c1-25(16-17-8-10-19(23)11-9-17)15-5-14-24-22(26)21-13-12-20(27-21)18-6-3-2-4-7-18/h2-4,6-13H,5,14-16H2,1H3,(H,24,26). The average molecular weight is 383 g/mol. The van der Waals surface area contributed by atoms with Crippen LogP contribution >= 0.6 is 11.3 Å². The van der Waals surface area contributed by atoms with Crippen LogP contribution in [0.3, 0.4) is 0 Å². The van der Waals surface area contributed by atoms with Crippen molar-refractivity contribution in [2.45, 2.75) is 13.0 Å². The van der Waals surface area contributed by atoms with Crippen LogP contribution < -0.4 is 5.32 Å². The summed E-state index contributed by atoms with van der Waals surface area (Å²) in [5, 5.41) is 2.99. The number of nitrogens with one attached hydrogen (secondary N) is 1. The van der Waals surface area contributed by atoms with Crippen molar-refractivity contribution in [1.82, 2.24) is 10.2 Å². The van der Waals surface area contributed by atoms with Crippen LogP contribution in [0, 0.1) is 5.82 Å². The average Bonchev–Trinajstić information content (AvgIpc) is 3.18. The largest absolute Gasteiger partial charge is 0.351 e. The van der Waals surface area contributed by atoms with E-state index in [2.05, 4.69) is 10.2 Å². The maximum Gasteiger partial charge on any atom is 0.261 e. The van der Waals surface area contributed by atoms with Crippen LogP contribution in [-0.2, 0) is 6.54 Å². The Bertz CT molecular complexity index is 862. The van der Waals surface area contributed by atoms with Gasteiger partial charge in [-0.3, -0.25) is 4.79 Å². The Morgan fingerprint density at radius 1 is 1.04 bits per heavy atom. The Morgan fingerprint density at radius 2 is 1.78 bits per heavy atom. The van der Waals surface area contributed by atoms with Gasteiger partial charge in [-0.05, 0) is 55.4 Å². The highest BCUT2D eigenvalue weighted by atomic mass is 32.1. The predicted octanol–water partition coefficient (Wildman–Crippen LogP) is 4.81. The molecule has 3 aromatic rings. The third-order valence-electron chi connectivity index (χ3n) is 4.26. The first-order valence-corrected chi connectivity index (χ1v) is 9.80. The van der Waals surface area contributed by atoms with Crippen molar-refractivity contribution >= 4 is 17.2 Å². The van der Waals surface area contributed by atoms with Crippen LogP contribution in [0.2, 0.25) is 0 Å². The van der Waals surface area contributed by atoms with Gasteiger partial charge in [0.15, 0.2) is 0 Å². The summed E-state index contributed by atoms with van der Waals surface area (Å²) < 4.78 is 12.9. The maximum absolute atomic E-state index is 12.9. The summed E-state index contributed by atoms with van der Waals surface area (Å²) >= 11 is 1.51. The lowest BCUT2D eigenvalue weighted by atomic mass is 10.2. The van der Waals surface area contributed by atoms with Crippen LogP contribution in [0.25, 0.3) is 10.4 Å². The van der Waals surface area contributed by atoms with Gasteiger partial charge in [-0.25, -0.2) is 4.39 Å². The summed E-state index contributed by atoms with van der Waals surface area (Å²) in [6.07, 6.45) is 0.861. The number of amides is 1. The monoisotopic (exact) mass is 382 g/mol. The first-order chi connectivity index (χ1) is 13.1. The zero-order valence-electron chi connectivity index (χ0n) is 15.3. The molecule has 0 aliphatic rings. The lowest BCUT2D eigenvalue weighted by molar-refractivity contribution is 0.0956. The predicted molar refractivity (Wildman–Crippen MR) is 109 cm³/mol. The van der Waals surface area contributed by atoms with E-state index in [9.17, 15) is 9.18 Å². The van der Waals surface area contributed by atoms with Crippen LogP contribution in [0.5, 0.6) is 0 Å². The second-order valence-corrected chi connectivity index (χ2v) is 7.59. The number of carbonyl (C=O) groups is 1. The van der Waals surface area contributed by atoms with Crippen molar-refractivity contribution in [2.75, 3.05) is 20.1 Å². The molecule has 1 aromatic heterocycles. The number of carbonyl (C=O) groups excluding carboxylic acids is 1. The summed E-state index contributed by atoms with van der Waals surface area (Å²) in [6.45, 7) is 2.25. The van der Waals surface area contributed by atoms with E-state index in [1.54, 1.807) is 12.1 Å². The molecule has 0 radical (unpaired) electrons. The van der Waals surface area contributed by atoms with E-state index in [0.717, 1.165) is 40.4 Å². The maximum atomic E-state index is 12.9. The quantitative estimate of drug-likeness (QED) is 0.567. The summed E-state index contributed by atoms with van der Waals surface area (Å²) in [6, 6.07) is 20.5. The Morgan fingerprint density at radius 3 is 2.52 bits per heavy atom. The smallest absolute Gasteiger partial charge is 0.261 e. The minimum absolute atomic E-state index is 0.0247. The van der Waals surface area contributed by atoms with E-state index in [-0.39, 0.29) is 11.7 Å². The number of hydrogen-bond donors (Lipinski definition) is 1. The zero-order valence-corrected chi connectivity index (χ0v) is 16.1. The molecule has 3 nitrogen and oxygen atoms in total. The van der Waals surface area contributed by atoms with E-state index >= 15 is 0 Å². The van der Waals surface area contributed by atoms with Gasteiger partial charge in [0.05, 0.1) is 4.88 Å². The van der Waals surface area contributed by atoms with Crippen molar-refractivity contribution in [3.8, 4) is 10.4 Å². The summed E-state index contributed by atoms with van der Waals surface area (Å²) in [5.41, 5.74) is 2.21. The second kappa shape index (κ2) is 9.44. The molecule has 3 rings (SSSR count). The van der Waals surface area contributed by atoms with Gasteiger partial charge in [-0.15, -0.1) is 11.3 Å². The third-order valence-corrected chi connectivity index (χ3v) is 5.39. The fourth-order valence-corrected chi connectivity index (χ4v) is 3.76. The van der Waals surface area contributed by atoms with Gasteiger partial charge in [0.1, 0.15) is 5.82 Å². The van der Waals surface area contributed by atoms with Crippen molar-refractivity contribution < 1.29 is 9.18 Å². The number of halogens is 1. The van der Waals surface area contributed by atoms with E-state index < -0.39 is 0 Å². The molecule has 5 heteroatoms. The molecule has 27 heavy (non-hydrogen) atoms. The van der Waals surface area contributed by atoms with Crippen molar-refractivity contribution in [2.24, 2.45) is 0 Å². The molecule has 1 N–H and O–H groups in total. The van der Waals surface area contributed by atoms with Crippen LogP contribution in [-0.4, -0.2) is 30.9 Å². The highest BCUT2D eigenvalue weighted by molar-refractivity contribution is 7.17. The summed E-state index contributed by atoms with van der Waals surface area (Å²) in [7, 11) is 2.02. The fourth-order valence-electron chi connectivity index (χ4n) is 2.84. The highest BCUT2D eigenvalue weighted by Gasteiger charge is 2.10. The van der Waals surface area contributed by atoms with Gasteiger partial charge < -0.3 is 10.2 Å². The molecule has 0 spiro atoms. The lowest BCUT2D eigenvalue weighted by Crippen LogP contribution is -2.27. The molecule has 1 amide bonds. The third kappa shape index (κ3) is 5.74. The van der Waals surface area contributed by atoms with Crippen molar-refractivity contribution in [3.63, 3.8) is 0 Å². The number of nitrogens with zero attached hydrogens (tertiary/aromatic N) is 1. The van der Waals surface area contributed by atoms with Gasteiger partial charge >= 0.3 is 0 Å². The summed E-state index contributed by atoms with van der Waals surface area (Å²) in [5.74, 6) is -0.239. The Hall–Kier alpha value is -2.50. The van der Waals surface area contributed by atoms with Crippen molar-refractivity contribution in [1.29, 1.82) is 0 Å². The zero-order chi connectivity index (χ0) is 19.1. The molecule has 0 saturated heterocycles. The topological polar surface area (TPSA) is 32.3 Å². The minimum Gasteiger partial charge on any atom is -0.351 e. The Balaban J connectivity index is 1.40. The minimum atomic E-state index is -0.215. The van der Waals surface area contributed by atoms with Crippen molar-refractivity contribution in [3.05, 3.63) is 83.0 Å². The van der Waals surface area contributed by atoms with Gasteiger partial charge in [0.2, 0.25) is 0 Å². The molecule has 1 heterocycles. The van der Waals surface area contributed by atoms with E-state index in [4.69, 9.17) is 0 Å². The molecule has 140 valence electrons. The van der Waals surface area contributed by atoms with E-state index in [1.165, 1.54) is 23.5 Å². The molecule has 0 saturated carbocycles. The van der Waals surface area contributed by atoms with Gasteiger partial charge in [0.25, 0.3) is 5.91 Å². The fraction of sp³-hybridized carbons (Fsp3) is 0.227. The van der Waals surface area contributed by atoms with Gasteiger partial charge in [-0.1, -0.05) is 42.5 Å². The van der Waals surface area contributed by atoms with Crippen LogP contribution in [0.1, 0.15) is 21.7 Å². The Labute approximate surface area is 163 Å². The second-order valence-electron chi connectivity index (χ2n) is 6.50. The molecular weight excluding hydrogens is 359 g/mol.